The van der Waals surface area contributed by atoms with E-state index in [9.17, 15) is 24.0 Å². The van der Waals surface area contributed by atoms with E-state index >= 15 is 0 Å². The van der Waals surface area contributed by atoms with Crippen molar-refractivity contribution in [3.8, 4) is 0 Å². The number of carbonyl (C=O) groups is 5. The molecule has 3 rings (SSSR count). The van der Waals surface area contributed by atoms with Crippen molar-refractivity contribution in [3.63, 3.8) is 0 Å². The second kappa shape index (κ2) is 13.3. The predicted octanol–water partition coefficient (Wildman–Crippen LogP) is 2.26. The molecule has 7 atom stereocenters. The first-order valence-corrected chi connectivity index (χ1v) is 13.3. The van der Waals surface area contributed by atoms with Gasteiger partial charge in [-0.2, -0.15) is 0 Å². The number of nitrogens with zero attached hydrogens (tertiary/aromatic N) is 1. The summed E-state index contributed by atoms with van der Waals surface area (Å²) >= 11 is 0. The lowest BCUT2D eigenvalue weighted by Gasteiger charge is -2.43. The highest BCUT2D eigenvalue weighted by molar-refractivity contribution is 6.01. The highest BCUT2D eigenvalue weighted by atomic mass is 16.7. The molecule has 3 fully saturated rings. The molecule has 1 saturated carbocycles. The molecular formula is C26H40N2O9. The summed E-state index contributed by atoms with van der Waals surface area (Å²) in [5.74, 6) is -1.45. The standard InChI is InChI=1S/C26H40N2O9/c1-15-16(2)21(14-27-25(33)19-8-9-20(13-19)35-18(4)29)36-26(17(15)3)34-12-6-5-7-24(32)37-28-22(30)10-11-23(28)31/h15-17,19-21,26H,5-14H2,1-4H3,(H,27,33). The first kappa shape index (κ1) is 29.0. The Labute approximate surface area is 217 Å². The van der Waals surface area contributed by atoms with Gasteiger partial charge in [0, 0.05) is 51.2 Å². The summed E-state index contributed by atoms with van der Waals surface area (Å²) in [7, 11) is 0. The van der Waals surface area contributed by atoms with Crippen LogP contribution in [0.5, 0.6) is 0 Å². The number of esters is 1. The number of rotatable bonds is 11. The molecule has 11 heteroatoms. The second-order valence-electron chi connectivity index (χ2n) is 10.5. The van der Waals surface area contributed by atoms with E-state index in [4.69, 9.17) is 19.0 Å². The molecule has 3 amide bonds. The summed E-state index contributed by atoms with van der Waals surface area (Å²) in [6, 6.07) is 0. The Bertz CT molecular complexity index is 847. The number of amides is 3. The van der Waals surface area contributed by atoms with Crippen LogP contribution in [0.1, 0.15) is 79.1 Å². The molecular weight excluding hydrogens is 484 g/mol. The molecule has 37 heavy (non-hydrogen) atoms. The molecule has 2 saturated heterocycles. The minimum absolute atomic E-state index is 0.0431. The number of hydrogen-bond acceptors (Lipinski definition) is 9. The van der Waals surface area contributed by atoms with Gasteiger partial charge in [-0.05, 0) is 43.9 Å². The van der Waals surface area contributed by atoms with Crippen LogP contribution in [0.25, 0.3) is 0 Å². The van der Waals surface area contributed by atoms with Crippen LogP contribution in [-0.2, 0) is 43.0 Å². The maximum atomic E-state index is 12.7. The van der Waals surface area contributed by atoms with Crippen molar-refractivity contribution >= 4 is 29.7 Å². The van der Waals surface area contributed by atoms with Crippen molar-refractivity contribution in [2.45, 2.75) is 97.6 Å². The lowest BCUT2D eigenvalue weighted by molar-refractivity contribution is -0.246. The summed E-state index contributed by atoms with van der Waals surface area (Å²) < 4.78 is 17.5. The van der Waals surface area contributed by atoms with E-state index < -0.39 is 24.1 Å². The fourth-order valence-electron chi connectivity index (χ4n) is 5.15. The molecule has 3 aliphatic rings. The fraction of sp³-hybridized carbons (Fsp3) is 0.808. The van der Waals surface area contributed by atoms with Gasteiger partial charge in [-0.3, -0.25) is 19.2 Å². The number of hydroxylamine groups is 2. The number of unbranched alkanes of at least 4 members (excludes halogenated alkanes) is 1. The minimum Gasteiger partial charge on any atom is -0.463 e. The molecule has 0 bridgehead atoms. The Morgan fingerprint density at radius 2 is 1.70 bits per heavy atom. The maximum Gasteiger partial charge on any atom is 0.333 e. The number of carbonyl (C=O) groups excluding carboxylic acids is 5. The van der Waals surface area contributed by atoms with E-state index in [2.05, 4.69) is 26.1 Å². The van der Waals surface area contributed by atoms with Gasteiger partial charge in [-0.15, -0.1) is 5.06 Å². The molecule has 0 spiro atoms. The Hall–Kier alpha value is -2.53. The van der Waals surface area contributed by atoms with Gasteiger partial charge >= 0.3 is 11.9 Å². The van der Waals surface area contributed by atoms with Gasteiger partial charge in [0.2, 0.25) is 5.91 Å². The second-order valence-corrected chi connectivity index (χ2v) is 10.5. The summed E-state index contributed by atoms with van der Waals surface area (Å²) in [5.41, 5.74) is 0. The number of hydrogen-bond donors (Lipinski definition) is 1. The van der Waals surface area contributed by atoms with Crippen LogP contribution in [0, 0.1) is 23.7 Å². The first-order valence-electron chi connectivity index (χ1n) is 13.3. The number of nitrogens with one attached hydrogen (secondary N) is 1. The molecule has 2 aliphatic heterocycles. The lowest BCUT2D eigenvalue weighted by Crippen LogP contribution is -2.50. The van der Waals surface area contributed by atoms with Crippen molar-refractivity contribution in [1.82, 2.24) is 10.4 Å². The SMILES string of the molecule is CC(=O)OC1CCC(C(=O)NCC2OC(OCCCCC(=O)ON3C(=O)CCC3=O)C(C)C(C)C2C)C1. The van der Waals surface area contributed by atoms with Crippen molar-refractivity contribution in [1.29, 1.82) is 0 Å². The van der Waals surface area contributed by atoms with E-state index in [0.29, 0.717) is 56.2 Å². The van der Waals surface area contributed by atoms with Gasteiger partial charge in [0.05, 0.1) is 6.10 Å². The van der Waals surface area contributed by atoms with Crippen LogP contribution >= 0.6 is 0 Å². The highest BCUT2D eigenvalue weighted by Crippen LogP contribution is 2.35. The van der Waals surface area contributed by atoms with Crippen LogP contribution in [0.3, 0.4) is 0 Å². The largest absolute Gasteiger partial charge is 0.463 e. The molecule has 2 heterocycles. The topological polar surface area (TPSA) is 138 Å². The molecule has 7 unspecified atom stereocenters. The van der Waals surface area contributed by atoms with Crippen LogP contribution in [0.2, 0.25) is 0 Å². The van der Waals surface area contributed by atoms with Gasteiger partial charge < -0.3 is 24.4 Å². The zero-order valence-electron chi connectivity index (χ0n) is 22.2. The maximum absolute atomic E-state index is 12.7. The fourth-order valence-corrected chi connectivity index (χ4v) is 5.15. The van der Waals surface area contributed by atoms with E-state index in [-0.39, 0.29) is 61.1 Å². The van der Waals surface area contributed by atoms with Crippen molar-refractivity contribution < 1.29 is 43.0 Å². The average molecular weight is 525 g/mol. The van der Waals surface area contributed by atoms with Gasteiger partial charge in [0.15, 0.2) is 6.29 Å². The third-order valence-electron chi connectivity index (χ3n) is 7.80. The van der Waals surface area contributed by atoms with Crippen molar-refractivity contribution in [3.05, 3.63) is 0 Å². The molecule has 0 aromatic heterocycles. The smallest absolute Gasteiger partial charge is 0.333 e. The van der Waals surface area contributed by atoms with Crippen LogP contribution < -0.4 is 5.32 Å². The third-order valence-corrected chi connectivity index (χ3v) is 7.80. The van der Waals surface area contributed by atoms with Crippen molar-refractivity contribution in [2.75, 3.05) is 13.2 Å². The normalized spacial score (nSPS) is 31.9. The molecule has 1 aliphatic carbocycles. The van der Waals surface area contributed by atoms with Crippen LogP contribution in [0.4, 0.5) is 0 Å². The zero-order chi connectivity index (χ0) is 27.1. The van der Waals surface area contributed by atoms with E-state index in [1.807, 2.05) is 0 Å². The highest BCUT2D eigenvalue weighted by Gasteiger charge is 2.40. The predicted molar refractivity (Wildman–Crippen MR) is 129 cm³/mol. The molecule has 0 aromatic rings. The van der Waals surface area contributed by atoms with E-state index in [0.717, 1.165) is 0 Å². The van der Waals surface area contributed by atoms with Gasteiger partial charge in [-0.1, -0.05) is 20.8 Å². The summed E-state index contributed by atoms with van der Waals surface area (Å²) in [6.07, 6.45) is 2.40. The Morgan fingerprint density at radius 1 is 1.00 bits per heavy atom. The van der Waals surface area contributed by atoms with Crippen molar-refractivity contribution in [2.24, 2.45) is 23.7 Å². The molecule has 0 aromatic carbocycles. The summed E-state index contributed by atoms with van der Waals surface area (Å²) in [4.78, 5) is 63.7. The lowest BCUT2D eigenvalue weighted by atomic mass is 9.79. The average Bonchev–Trinajstić information content (AvgIpc) is 3.44. The van der Waals surface area contributed by atoms with Gasteiger partial charge in [0.25, 0.3) is 11.8 Å². The van der Waals surface area contributed by atoms with Gasteiger partial charge in [0.1, 0.15) is 6.10 Å². The van der Waals surface area contributed by atoms with Crippen LogP contribution in [0.15, 0.2) is 0 Å². The Kier molecular flexibility index (Phi) is 10.5. The van der Waals surface area contributed by atoms with E-state index in [1.54, 1.807) is 0 Å². The monoisotopic (exact) mass is 524 g/mol. The number of ether oxygens (including phenoxy) is 3. The molecule has 11 nitrogen and oxygen atoms in total. The summed E-state index contributed by atoms with van der Waals surface area (Å²) in [5, 5.41) is 3.57. The van der Waals surface area contributed by atoms with Gasteiger partial charge in [-0.25, -0.2) is 4.79 Å². The summed E-state index contributed by atoms with van der Waals surface area (Å²) in [6.45, 7) is 8.49. The quantitative estimate of drug-likeness (QED) is 0.245. The third kappa shape index (κ3) is 7.98. The molecule has 1 N–H and O–H groups in total. The van der Waals surface area contributed by atoms with Crippen LogP contribution in [-0.4, -0.2) is 66.4 Å². The Balaban J connectivity index is 1.37. The van der Waals surface area contributed by atoms with E-state index in [1.165, 1.54) is 6.92 Å². The first-order chi connectivity index (χ1) is 17.6. The molecule has 0 radical (unpaired) electrons. The minimum atomic E-state index is -0.620. The number of imide groups is 1. The zero-order valence-corrected chi connectivity index (χ0v) is 22.2. The Morgan fingerprint density at radius 3 is 2.38 bits per heavy atom. The molecule has 208 valence electrons.